The average molecular weight is 213 g/mol. The van der Waals surface area contributed by atoms with Gasteiger partial charge in [-0.2, -0.15) is 5.26 Å². The van der Waals surface area contributed by atoms with Crippen molar-refractivity contribution in [3.63, 3.8) is 0 Å². The number of hydrogen-bond donors (Lipinski definition) is 0. The molecule has 0 aliphatic heterocycles. The molecule has 0 rings (SSSR count). The van der Waals surface area contributed by atoms with Crippen molar-refractivity contribution in [1.29, 1.82) is 5.26 Å². The summed E-state index contributed by atoms with van der Waals surface area (Å²) in [6, 6.07) is 1.71. The molecule has 5 nitrogen and oxygen atoms in total. The Hall–Kier alpha value is -1.54. The number of ether oxygens (including phenoxy) is 3. The zero-order valence-corrected chi connectivity index (χ0v) is 8.99. The molecule has 15 heavy (non-hydrogen) atoms. The van der Waals surface area contributed by atoms with Crippen LogP contribution in [0.3, 0.4) is 0 Å². The third-order valence-corrected chi connectivity index (χ3v) is 1.38. The molecular weight excluding hydrogens is 198 g/mol. The molecule has 0 aromatic rings. The molecule has 0 aromatic heterocycles. The molecule has 0 aromatic carbocycles. The van der Waals surface area contributed by atoms with Gasteiger partial charge in [-0.05, 0) is 6.42 Å². The SMILES string of the molecule is CCCOC(=O)/C(C#N)=C/OCCOC. The van der Waals surface area contributed by atoms with Gasteiger partial charge in [0.05, 0.1) is 13.2 Å². The number of rotatable bonds is 7. The quantitative estimate of drug-likeness (QED) is 0.207. The van der Waals surface area contributed by atoms with E-state index >= 15 is 0 Å². The van der Waals surface area contributed by atoms with Gasteiger partial charge in [-0.15, -0.1) is 0 Å². The van der Waals surface area contributed by atoms with Crippen LogP contribution in [0.5, 0.6) is 0 Å². The van der Waals surface area contributed by atoms with Crippen LogP contribution in [0.15, 0.2) is 11.8 Å². The van der Waals surface area contributed by atoms with Crippen LogP contribution in [0.1, 0.15) is 13.3 Å². The number of carbonyl (C=O) groups is 1. The Morgan fingerprint density at radius 2 is 2.13 bits per heavy atom. The van der Waals surface area contributed by atoms with Crippen molar-refractivity contribution in [2.75, 3.05) is 26.9 Å². The van der Waals surface area contributed by atoms with E-state index in [0.29, 0.717) is 19.8 Å². The predicted octanol–water partition coefficient (Wildman–Crippen LogP) is 1.01. The number of hydrogen-bond acceptors (Lipinski definition) is 5. The third kappa shape index (κ3) is 6.52. The van der Waals surface area contributed by atoms with Crippen LogP contribution in [0.2, 0.25) is 0 Å². The molecule has 0 heterocycles. The van der Waals surface area contributed by atoms with Gasteiger partial charge in [-0.3, -0.25) is 0 Å². The van der Waals surface area contributed by atoms with Crippen LogP contribution in [0.25, 0.3) is 0 Å². The smallest absolute Gasteiger partial charge is 0.352 e. The minimum atomic E-state index is -0.656. The molecular formula is C10H15NO4. The van der Waals surface area contributed by atoms with E-state index in [0.717, 1.165) is 12.7 Å². The Labute approximate surface area is 89.2 Å². The first kappa shape index (κ1) is 13.5. The van der Waals surface area contributed by atoms with Gasteiger partial charge in [-0.1, -0.05) is 6.92 Å². The Morgan fingerprint density at radius 3 is 2.67 bits per heavy atom. The third-order valence-electron chi connectivity index (χ3n) is 1.38. The number of carbonyl (C=O) groups excluding carboxylic acids is 1. The second-order valence-corrected chi connectivity index (χ2v) is 2.64. The maximum absolute atomic E-state index is 11.2. The van der Waals surface area contributed by atoms with Gasteiger partial charge < -0.3 is 14.2 Å². The molecule has 0 fully saturated rings. The van der Waals surface area contributed by atoms with Crippen molar-refractivity contribution < 1.29 is 19.0 Å². The van der Waals surface area contributed by atoms with Crippen LogP contribution in [0, 0.1) is 11.3 Å². The highest BCUT2D eigenvalue weighted by Gasteiger charge is 2.10. The number of esters is 1. The fourth-order valence-corrected chi connectivity index (χ4v) is 0.666. The van der Waals surface area contributed by atoms with Crippen LogP contribution < -0.4 is 0 Å². The highest BCUT2D eigenvalue weighted by Crippen LogP contribution is 1.98. The van der Waals surface area contributed by atoms with Gasteiger partial charge in [0.1, 0.15) is 18.9 Å². The van der Waals surface area contributed by atoms with Crippen LogP contribution in [0.4, 0.5) is 0 Å². The highest BCUT2D eigenvalue weighted by atomic mass is 16.5. The minimum Gasteiger partial charge on any atom is -0.497 e. The van der Waals surface area contributed by atoms with E-state index in [-0.39, 0.29) is 5.57 Å². The van der Waals surface area contributed by atoms with Crippen molar-refractivity contribution in [1.82, 2.24) is 0 Å². The molecule has 0 spiro atoms. The zero-order chi connectivity index (χ0) is 11.5. The summed E-state index contributed by atoms with van der Waals surface area (Å²) in [6.07, 6.45) is 1.81. The molecule has 0 saturated heterocycles. The van der Waals surface area contributed by atoms with Crippen molar-refractivity contribution in [3.05, 3.63) is 11.8 Å². The molecule has 0 bridgehead atoms. The summed E-state index contributed by atoms with van der Waals surface area (Å²) in [5, 5.41) is 8.62. The summed E-state index contributed by atoms with van der Waals surface area (Å²) in [4.78, 5) is 11.2. The summed E-state index contributed by atoms with van der Waals surface area (Å²) in [7, 11) is 1.54. The van der Waals surface area contributed by atoms with Gasteiger partial charge in [-0.25, -0.2) is 4.79 Å². The first-order chi connectivity index (χ1) is 7.26. The van der Waals surface area contributed by atoms with E-state index in [1.54, 1.807) is 6.07 Å². The van der Waals surface area contributed by atoms with Crippen LogP contribution in [-0.2, 0) is 19.0 Å². The summed E-state index contributed by atoms with van der Waals surface area (Å²) >= 11 is 0. The summed E-state index contributed by atoms with van der Waals surface area (Å²) in [5.41, 5.74) is -0.139. The Kier molecular flexibility index (Phi) is 8.10. The Balaban J connectivity index is 4.00. The first-order valence-corrected chi connectivity index (χ1v) is 4.64. The number of nitrogens with zero attached hydrogens (tertiary/aromatic N) is 1. The monoisotopic (exact) mass is 213 g/mol. The molecule has 0 radical (unpaired) electrons. The molecule has 84 valence electrons. The zero-order valence-electron chi connectivity index (χ0n) is 8.99. The van der Waals surface area contributed by atoms with E-state index < -0.39 is 5.97 Å². The first-order valence-electron chi connectivity index (χ1n) is 4.64. The summed E-state index contributed by atoms with van der Waals surface area (Å²) in [5.74, 6) is -0.656. The fourth-order valence-electron chi connectivity index (χ4n) is 0.666. The van der Waals surface area contributed by atoms with E-state index in [1.807, 2.05) is 6.92 Å². The van der Waals surface area contributed by atoms with Crippen LogP contribution in [-0.4, -0.2) is 32.9 Å². The molecule has 0 aliphatic carbocycles. The lowest BCUT2D eigenvalue weighted by atomic mass is 10.3. The summed E-state index contributed by atoms with van der Waals surface area (Å²) in [6.45, 7) is 2.87. The maximum atomic E-state index is 11.2. The minimum absolute atomic E-state index is 0.139. The molecule has 0 N–H and O–H groups in total. The molecule has 0 amide bonds. The second kappa shape index (κ2) is 9.03. The number of nitriles is 1. The van der Waals surface area contributed by atoms with Gasteiger partial charge in [0.2, 0.25) is 0 Å². The maximum Gasteiger partial charge on any atom is 0.352 e. The topological polar surface area (TPSA) is 68.6 Å². The Bertz CT molecular complexity index is 255. The van der Waals surface area contributed by atoms with Gasteiger partial charge in [0.15, 0.2) is 5.57 Å². The summed E-state index contributed by atoms with van der Waals surface area (Å²) < 4.78 is 14.4. The van der Waals surface area contributed by atoms with E-state index in [2.05, 4.69) is 0 Å². The molecule has 0 atom stereocenters. The van der Waals surface area contributed by atoms with Crippen molar-refractivity contribution in [2.45, 2.75) is 13.3 Å². The molecule has 0 saturated carbocycles. The Morgan fingerprint density at radius 1 is 1.40 bits per heavy atom. The highest BCUT2D eigenvalue weighted by molar-refractivity contribution is 5.92. The standard InChI is InChI=1S/C10H15NO4/c1-3-4-15-10(12)9(7-11)8-14-6-5-13-2/h8H,3-6H2,1-2H3/b9-8+. The molecule has 5 heteroatoms. The van der Waals surface area contributed by atoms with Gasteiger partial charge in [0.25, 0.3) is 0 Å². The predicted molar refractivity (Wildman–Crippen MR) is 52.8 cm³/mol. The van der Waals surface area contributed by atoms with Gasteiger partial charge in [0, 0.05) is 7.11 Å². The fraction of sp³-hybridized carbons (Fsp3) is 0.600. The second-order valence-electron chi connectivity index (χ2n) is 2.64. The van der Waals surface area contributed by atoms with Crippen molar-refractivity contribution in [2.24, 2.45) is 0 Å². The lowest BCUT2D eigenvalue weighted by Gasteiger charge is -2.02. The lowest BCUT2D eigenvalue weighted by Crippen LogP contribution is -2.08. The van der Waals surface area contributed by atoms with Crippen LogP contribution >= 0.6 is 0 Å². The number of methoxy groups -OCH3 is 1. The van der Waals surface area contributed by atoms with Gasteiger partial charge >= 0.3 is 5.97 Å². The molecule has 0 unspecified atom stereocenters. The van der Waals surface area contributed by atoms with E-state index in [9.17, 15) is 4.79 Å². The van der Waals surface area contributed by atoms with Crippen molar-refractivity contribution in [3.8, 4) is 6.07 Å². The van der Waals surface area contributed by atoms with E-state index in [1.165, 1.54) is 7.11 Å². The molecule has 0 aliphatic rings. The average Bonchev–Trinajstić information content (AvgIpc) is 2.26. The lowest BCUT2D eigenvalue weighted by molar-refractivity contribution is -0.138. The largest absolute Gasteiger partial charge is 0.497 e. The normalized spacial score (nSPS) is 10.6. The van der Waals surface area contributed by atoms with E-state index in [4.69, 9.17) is 19.5 Å². The van der Waals surface area contributed by atoms with Crippen molar-refractivity contribution >= 4 is 5.97 Å².